The number of isocyanates is 1. The summed E-state index contributed by atoms with van der Waals surface area (Å²) in [4.78, 5) is 14.8. The normalized spacial score (nSPS) is 16.9. The summed E-state index contributed by atoms with van der Waals surface area (Å²) in [6.07, 6.45) is 5.61. The Morgan fingerprint density at radius 2 is 1.94 bits per heavy atom. The van der Waals surface area contributed by atoms with Crippen molar-refractivity contribution in [2.75, 3.05) is 0 Å². The van der Waals surface area contributed by atoms with Crippen LogP contribution in [0.5, 0.6) is 0 Å². The summed E-state index contributed by atoms with van der Waals surface area (Å²) in [7, 11) is 0. The van der Waals surface area contributed by atoms with Crippen molar-refractivity contribution in [3.8, 4) is 6.07 Å². The van der Waals surface area contributed by atoms with Crippen molar-refractivity contribution in [2.24, 2.45) is 4.99 Å². The maximum absolute atomic E-state index is 10.7. The van der Waals surface area contributed by atoms with E-state index in [2.05, 4.69) is 11.1 Å². The van der Waals surface area contributed by atoms with Crippen LogP contribution in [0, 0.1) is 25.2 Å². The smallest absolute Gasteiger partial charge is 0.211 e. The largest absolute Gasteiger partial charge is 0.235 e. The molecule has 1 saturated carbocycles. The molecule has 0 radical (unpaired) electrons. The molecule has 92 valence electrons. The van der Waals surface area contributed by atoms with Crippen LogP contribution in [0.1, 0.15) is 47.9 Å². The lowest BCUT2D eigenvalue weighted by Crippen LogP contribution is -2.21. The summed E-state index contributed by atoms with van der Waals surface area (Å²) in [5.41, 5.74) is 3.44. The first-order chi connectivity index (χ1) is 8.63. The second-order valence-corrected chi connectivity index (χ2v) is 5.02. The minimum absolute atomic E-state index is 0.441. The molecule has 1 aliphatic rings. The zero-order valence-electron chi connectivity index (χ0n) is 10.8. The number of benzene rings is 1. The molecule has 0 bridgehead atoms. The molecular weight excluding hydrogens is 224 g/mol. The van der Waals surface area contributed by atoms with Gasteiger partial charge in [0.1, 0.15) is 0 Å². The molecule has 0 saturated heterocycles. The van der Waals surface area contributed by atoms with Crippen LogP contribution in [-0.2, 0) is 10.3 Å². The van der Waals surface area contributed by atoms with Crippen molar-refractivity contribution in [1.29, 1.82) is 5.26 Å². The Morgan fingerprint density at radius 3 is 2.50 bits per heavy atom. The zero-order chi connectivity index (χ0) is 13.2. The molecule has 1 aromatic rings. The van der Waals surface area contributed by atoms with E-state index >= 15 is 0 Å². The number of hydrogen-bond donors (Lipinski definition) is 0. The Kier molecular flexibility index (Phi) is 3.32. The third-order valence-electron chi connectivity index (χ3n) is 3.99. The van der Waals surface area contributed by atoms with Gasteiger partial charge in [-0.3, -0.25) is 0 Å². The van der Waals surface area contributed by atoms with Gasteiger partial charge in [0.15, 0.2) is 0 Å². The molecule has 0 aliphatic heterocycles. The molecule has 2 rings (SSSR count). The highest BCUT2D eigenvalue weighted by atomic mass is 16.1. The molecule has 0 N–H and O–H groups in total. The molecule has 1 aliphatic carbocycles. The minimum atomic E-state index is -0.441. The van der Waals surface area contributed by atoms with Crippen LogP contribution in [-0.4, -0.2) is 6.08 Å². The van der Waals surface area contributed by atoms with Crippen LogP contribution < -0.4 is 0 Å². The van der Waals surface area contributed by atoms with E-state index < -0.39 is 5.54 Å². The molecule has 1 fully saturated rings. The van der Waals surface area contributed by atoms with Gasteiger partial charge in [-0.05, 0) is 55.5 Å². The molecule has 0 atom stereocenters. The number of aliphatic imine (C=N–C) groups is 1. The van der Waals surface area contributed by atoms with E-state index in [4.69, 9.17) is 5.26 Å². The topological polar surface area (TPSA) is 53.2 Å². The van der Waals surface area contributed by atoms with Crippen molar-refractivity contribution >= 4 is 6.08 Å². The van der Waals surface area contributed by atoms with Crippen molar-refractivity contribution in [2.45, 2.75) is 45.1 Å². The average molecular weight is 240 g/mol. The van der Waals surface area contributed by atoms with Crippen LogP contribution >= 0.6 is 0 Å². The molecular formula is C15H16N2O. The summed E-state index contributed by atoms with van der Waals surface area (Å²) >= 11 is 0. The first-order valence-corrected chi connectivity index (χ1v) is 6.24. The van der Waals surface area contributed by atoms with E-state index in [0.717, 1.165) is 42.4 Å². The molecule has 0 spiro atoms. The Balaban J connectivity index is 2.65. The van der Waals surface area contributed by atoms with Gasteiger partial charge in [0.05, 0.1) is 17.2 Å². The first-order valence-electron chi connectivity index (χ1n) is 6.24. The molecule has 3 nitrogen and oxygen atoms in total. The summed E-state index contributed by atoms with van der Waals surface area (Å²) < 4.78 is 0. The van der Waals surface area contributed by atoms with Crippen LogP contribution in [0.15, 0.2) is 17.1 Å². The lowest BCUT2D eigenvalue weighted by molar-refractivity contribution is 0.453. The van der Waals surface area contributed by atoms with Crippen LogP contribution in [0.2, 0.25) is 0 Å². The van der Waals surface area contributed by atoms with E-state index in [1.54, 1.807) is 6.08 Å². The third-order valence-corrected chi connectivity index (χ3v) is 3.99. The Morgan fingerprint density at radius 1 is 1.28 bits per heavy atom. The van der Waals surface area contributed by atoms with E-state index in [1.165, 1.54) is 0 Å². The lowest BCUT2D eigenvalue weighted by atomic mass is 9.83. The summed E-state index contributed by atoms with van der Waals surface area (Å²) in [6, 6.07) is 5.94. The molecule has 3 heteroatoms. The van der Waals surface area contributed by atoms with Gasteiger partial charge in [-0.2, -0.15) is 10.3 Å². The van der Waals surface area contributed by atoms with Gasteiger partial charge in [0.25, 0.3) is 0 Å². The van der Waals surface area contributed by atoms with Gasteiger partial charge in [0, 0.05) is 0 Å². The van der Waals surface area contributed by atoms with E-state index in [1.807, 2.05) is 26.0 Å². The number of nitrogens with zero attached hydrogens (tertiary/aromatic N) is 2. The van der Waals surface area contributed by atoms with Crippen LogP contribution in [0.25, 0.3) is 0 Å². The van der Waals surface area contributed by atoms with E-state index in [0.29, 0.717) is 5.56 Å². The highest BCUT2D eigenvalue weighted by Gasteiger charge is 2.37. The van der Waals surface area contributed by atoms with Gasteiger partial charge in [-0.25, -0.2) is 4.79 Å². The fraction of sp³-hybridized carbons (Fsp3) is 0.467. The van der Waals surface area contributed by atoms with Crippen molar-refractivity contribution in [1.82, 2.24) is 0 Å². The zero-order valence-corrected chi connectivity index (χ0v) is 10.8. The second-order valence-electron chi connectivity index (χ2n) is 5.02. The molecule has 18 heavy (non-hydrogen) atoms. The Labute approximate surface area is 107 Å². The molecule has 0 amide bonds. The Hall–Kier alpha value is -1.91. The second kappa shape index (κ2) is 4.76. The number of nitriles is 1. The highest BCUT2D eigenvalue weighted by Crippen LogP contribution is 2.44. The molecule has 0 heterocycles. The SMILES string of the molecule is Cc1cc(C#N)cc(C2(N=C=O)CCCC2)c1C. The maximum atomic E-state index is 10.7. The fourth-order valence-corrected chi connectivity index (χ4v) is 2.90. The number of rotatable bonds is 2. The Bertz CT molecular complexity index is 557. The number of carbonyl (C=O) groups excluding carboxylic acids is 1. The minimum Gasteiger partial charge on any atom is -0.211 e. The molecule has 0 unspecified atom stereocenters. The molecule has 0 aromatic heterocycles. The summed E-state index contributed by atoms with van der Waals surface area (Å²) in [6.45, 7) is 4.03. The van der Waals surface area contributed by atoms with Gasteiger partial charge in [-0.15, -0.1) is 0 Å². The maximum Gasteiger partial charge on any atom is 0.235 e. The van der Waals surface area contributed by atoms with E-state index in [9.17, 15) is 4.79 Å². The number of aryl methyl sites for hydroxylation is 1. The van der Waals surface area contributed by atoms with Crippen molar-refractivity contribution in [3.63, 3.8) is 0 Å². The van der Waals surface area contributed by atoms with Crippen molar-refractivity contribution in [3.05, 3.63) is 34.4 Å². The van der Waals surface area contributed by atoms with Gasteiger partial charge in [0.2, 0.25) is 6.08 Å². The predicted molar refractivity (Wildman–Crippen MR) is 68.9 cm³/mol. The third kappa shape index (κ3) is 1.96. The van der Waals surface area contributed by atoms with E-state index in [-0.39, 0.29) is 0 Å². The van der Waals surface area contributed by atoms with Gasteiger partial charge in [-0.1, -0.05) is 12.8 Å². The lowest BCUT2D eigenvalue weighted by Gasteiger charge is -2.26. The summed E-state index contributed by atoms with van der Waals surface area (Å²) in [5, 5.41) is 9.08. The van der Waals surface area contributed by atoms with Gasteiger partial charge >= 0.3 is 0 Å². The predicted octanol–water partition coefficient (Wildman–Crippen LogP) is 3.28. The highest BCUT2D eigenvalue weighted by molar-refractivity contribution is 5.48. The van der Waals surface area contributed by atoms with Crippen molar-refractivity contribution < 1.29 is 4.79 Å². The van der Waals surface area contributed by atoms with Crippen LogP contribution in [0.3, 0.4) is 0 Å². The first kappa shape index (κ1) is 12.5. The standard InChI is InChI=1S/C15H16N2O/c1-11-7-13(9-16)8-14(12(11)2)15(17-10-18)5-3-4-6-15/h7-8H,3-6H2,1-2H3. The quantitative estimate of drug-likeness (QED) is 0.588. The fourth-order valence-electron chi connectivity index (χ4n) is 2.90. The average Bonchev–Trinajstić information content (AvgIpc) is 2.82. The summed E-state index contributed by atoms with van der Waals surface area (Å²) in [5.74, 6) is 0. The van der Waals surface area contributed by atoms with Gasteiger partial charge < -0.3 is 0 Å². The monoisotopic (exact) mass is 240 g/mol. The number of hydrogen-bond acceptors (Lipinski definition) is 3. The molecule has 1 aromatic carbocycles. The van der Waals surface area contributed by atoms with Crippen LogP contribution in [0.4, 0.5) is 0 Å².